The summed E-state index contributed by atoms with van der Waals surface area (Å²) in [5.74, 6) is -1.12. The lowest BCUT2D eigenvalue weighted by Crippen LogP contribution is -2.43. The van der Waals surface area contributed by atoms with Gasteiger partial charge in [0.25, 0.3) is 17.4 Å². The maximum absolute atomic E-state index is 13.3. The molecule has 0 saturated heterocycles. The van der Waals surface area contributed by atoms with Crippen LogP contribution in [-0.4, -0.2) is 26.6 Å². The Bertz CT molecular complexity index is 1760. The average molecular weight is 492 g/mol. The number of benzene rings is 3. The van der Waals surface area contributed by atoms with Crippen molar-refractivity contribution in [2.24, 2.45) is 0 Å². The van der Waals surface area contributed by atoms with Crippen LogP contribution in [0.5, 0.6) is 0 Å². The van der Waals surface area contributed by atoms with Gasteiger partial charge in [-0.2, -0.15) is 5.10 Å². The number of amides is 2. The highest BCUT2D eigenvalue weighted by Gasteiger charge is 2.19. The molecule has 0 aliphatic heterocycles. The molecule has 8 heteroatoms. The number of carbonyl (C=O) groups excluding carboxylic acids is 2. The summed E-state index contributed by atoms with van der Waals surface area (Å²) in [6.07, 6.45) is 0. The summed E-state index contributed by atoms with van der Waals surface area (Å²) in [4.78, 5) is 43.8. The van der Waals surface area contributed by atoms with Crippen molar-refractivity contribution in [1.82, 2.24) is 25.6 Å². The first kappa shape index (κ1) is 23.9. The van der Waals surface area contributed by atoms with E-state index in [0.717, 1.165) is 16.7 Å². The van der Waals surface area contributed by atoms with Gasteiger partial charge in [-0.15, -0.1) is 0 Å². The molecule has 0 aliphatic carbocycles. The van der Waals surface area contributed by atoms with Crippen LogP contribution in [0.2, 0.25) is 0 Å². The third kappa shape index (κ3) is 4.45. The monoisotopic (exact) mass is 491 g/mol. The van der Waals surface area contributed by atoms with Crippen LogP contribution in [-0.2, 0) is 6.54 Å². The topological polar surface area (TPSA) is 106 Å². The van der Waals surface area contributed by atoms with Crippen molar-refractivity contribution < 1.29 is 9.59 Å². The Hall–Kier alpha value is -4.85. The Morgan fingerprint density at radius 1 is 0.838 bits per heavy atom. The van der Waals surface area contributed by atoms with Gasteiger partial charge in [-0.1, -0.05) is 60.2 Å². The van der Waals surface area contributed by atoms with Crippen LogP contribution in [0.25, 0.3) is 32.9 Å². The highest BCUT2D eigenvalue weighted by Crippen LogP contribution is 2.27. The van der Waals surface area contributed by atoms with Crippen molar-refractivity contribution in [3.8, 4) is 11.3 Å². The molecule has 0 aliphatic rings. The zero-order valence-electron chi connectivity index (χ0n) is 20.7. The number of nitrogens with zero attached hydrogens (tertiary/aromatic N) is 3. The van der Waals surface area contributed by atoms with E-state index in [2.05, 4.69) is 22.0 Å². The van der Waals surface area contributed by atoms with Crippen molar-refractivity contribution >= 4 is 33.5 Å². The van der Waals surface area contributed by atoms with E-state index in [0.29, 0.717) is 39.5 Å². The number of hydrogen-bond acceptors (Lipinski definition) is 5. The van der Waals surface area contributed by atoms with Crippen LogP contribution in [0.3, 0.4) is 0 Å². The molecular weight excluding hydrogens is 466 g/mol. The van der Waals surface area contributed by atoms with E-state index in [-0.39, 0.29) is 11.3 Å². The minimum Gasteiger partial charge on any atom is -0.267 e. The first-order chi connectivity index (χ1) is 17.9. The van der Waals surface area contributed by atoms with E-state index in [1.54, 1.807) is 37.3 Å². The SMILES string of the molecule is CCn1nc(C(=O)NNC(=O)c2cc(-c3ccc(C)cc3C)nc3ccccc23)c2ccccc2c1=O. The predicted molar refractivity (Wildman–Crippen MR) is 143 cm³/mol. The molecule has 0 spiro atoms. The number of hydrazine groups is 1. The van der Waals surface area contributed by atoms with Crippen LogP contribution in [0.1, 0.15) is 38.9 Å². The largest absolute Gasteiger partial charge is 0.290 e. The van der Waals surface area contributed by atoms with E-state index in [1.807, 2.05) is 50.2 Å². The number of carbonyl (C=O) groups is 2. The molecule has 2 N–H and O–H groups in total. The second kappa shape index (κ2) is 9.66. The Morgan fingerprint density at radius 2 is 1.51 bits per heavy atom. The normalized spacial score (nSPS) is 11.0. The first-order valence-corrected chi connectivity index (χ1v) is 12.0. The van der Waals surface area contributed by atoms with E-state index in [1.165, 1.54) is 4.68 Å². The fourth-order valence-corrected chi connectivity index (χ4v) is 4.46. The van der Waals surface area contributed by atoms with E-state index in [9.17, 15) is 14.4 Å². The molecule has 184 valence electrons. The van der Waals surface area contributed by atoms with Crippen molar-refractivity contribution in [3.05, 3.63) is 106 Å². The van der Waals surface area contributed by atoms with Gasteiger partial charge < -0.3 is 0 Å². The first-order valence-electron chi connectivity index (χ1n) is 12.0. The van der Waals surface area contributed by atoms with E-state index < -0.39 is 11.8 Å². The zero-order valence-corrected chi connectivity index (χ0v) is 20.7. The maximum atomic E-state index is 13.3. The van der Waals surface area contributed by atoms with Crippen molar-refractivity contribution in [2.75, 3.05) is 0 Å². The summed E-state index contributed by atoms with van der Waals surface area (Å²) in [6, 6.07) is 21.9. The molecule has 37 heavy (non-hydrogen) atoms. The van der Waals surface area contributed by atoms with Gasteiger partial charge in [-0.3, -0.25) is 25.2 Å². The lowest BCUT2D eigenvalue weighted by molar-refractivity contribution is 0.0844. The third-order valence-corrected chi connectivity index (χ3v) is 6.29. The Balaban J connectivity index is 1.49. The number of nitrogens with one attached hydrogen (secondary N) is 2. The van der Waals surface area contributed by atoms with E-state index >= 15 is 0 Å². The van der Waals surface area contributed by atoms with Gasteiger partial charge in [0, 0.05) is 22.9 Å². The molecule has 2 amide bonds. The minimum absolute atomic E-state index is 0.0490. The summed E-state index contributed by atoms with van der Waals surface area (Å²) in [7, 11) is 0. The van der Waals surface area contributed by atoms with Gasteiger partial charge in [0.15, 0.2) is 5.69 Å². The number of aromatic nitrogens is 3. The van der Waals surface area contributed by atoms with Crippen LogP contribution >= 0.6 is 0 Å². The molecule has 0 fully saturated rings. The van der Waals surface area contributed by atoms with E-state index in [4.69, 9.17) is 4.98 Å². The Morgan fingerprint density at radius 3 is 2.24 bits per heavy atom. The van der Waals surface area contributed by atoms with Gasteiger partial charge in [0.05, 0.1) is 22.2 Å². The summed E-state index contributed by atoms with van der Waals surface area (Å²) in [6.45, 7) is 6.11. The number of pyridine rings is 1. The number of hydrogen-bond donors (Lipinski definition) is 2. The maximum Gasteiger partial charge on any atom is 0.290 e. The molecule has 0 radical (unpaired) electrons. The van der Waals surface area contributed by atoms with Crippen LogP contribution in [0.15, 0.2) is 77.6 Å². The molecule has 0 unspecified atom stereocenters. The van der Waals surface area contributed by atoms with Gasteiger partial charge in [0.2, 0.25) is 0 Å². The number of fused-ring (bicyclic) bond motifs is 2. The Labute approximate surface area is 212 Å². The molecule has 5 rings (SSSR count). The number of para-hydroxylation sites is 1. The summed E-state index contributed by atoms with van der Waals surface area (Å²) in [5, 5.41) is 5.67. The molecule has 0 atom stereocenters. The van der Waals surface area contributed by atoms with Gasteiger partial charge in [-0.25, -0.2) is 9.67 Å². The fourth-order valence-electron chi connectivity index (χ4n) is 4.46. The van der Waals surface area contributed by atoms with Gasteiger partial charge in [-0.05, 0) is 44.5 Å². The molecule has 8 nitrogen and oxygen atoms in total. The fraction of sp³-hybridized carbons (Fsp3) is 0.138. The highest BCUT2D eigenvalue weighted by molar-refractivity contribution is 6.09. The summed E-state index contributed by atoms with van der Waals surface area (Å²) in [5.41, 5.74) is 9.56. The van der Waals surface area contributed by atoms with Crippen molar-refractivity contribution in [3.63, 3.8) is 0 Å². The average Bonchev–Trinajstić information content (AvgIpc) is 2.91. The quantitative estimate of drug-likeness (QED) is 0.364. The lowest BCUT2D eigenvalue weighted by atomic mass is 9.99. The molecule has 0 bridgehead atoms. The van der Waals surface area contributed by atoms with Gasteiger partial charge >= 0.3 is 0 Å². The minimum atomic E-state index is -0.625. The highest BCUT2D eigenvalue weighted by atomic mass is 16.2. The standard InChI is InChI=1S/C29H25N5O3/c1-4-34-29(37)22-11-6-5-10-21(22)26(33-34)28(36)32-31-27(35)23-16-25(19-14-13-17(2)15-18(19)3)30-24-12-8-7-9-20(23)24/h5-16H,4H2,1-3H3,(H,31,35)(H,32,36). The van der Waals surface area contributed by atoms with Crippen LogP contribution < -0.4 is 16.4 Å². The smallest absolute Gasteiger partial charge is 0.267 e. The van der Waals surface area contributed by atoms with Crippen molar-refractivity contribution in [2.45, 2.75) is 27.3 Å². The summed E-state index contributed by atoms with van der Waals surface area (Å²) >= 11 is 0. The Kier molecular flexibility index (Phi) is 6.23. The molecule has 0 saturated carbocycles. The predicted octanol–water partition coefficient (Wildman–Crippen LogP) is 4.32. The van der Waals surface area contributed by atoms with Crippen molar-refractivity contribution in [1.29, 1.82) is 0 Å². The zero-order chi connectivity index (χ0) is 26.1. The molecular formula is C29H25N5O3. The second-order valence-corrected chi connectivity index (χ2v) is 8.81. The van der Waals surface area contributed by atoms with Crippen LogP contribution in [0.4, 0.5) is 0 Å². The molecule has 2 heterocycles. The second-order valence-electron chi connectivity index (χ2n) is 8.81. The summed E-state index contributed by atoms with van der Waals surface area (Å²) < 4.78 is 1.23. The third-order valence-electron chi connectivity index (χ3n) is 6.29. The molecule has 3 aromatic carbocycles. The van der Waals surface area contributed by atoms with Gasteiger partial charge in [0.1, 0.15) is 0 Å². The molecule has 5 aromatic rings. The number of aryl methyl sites for hydroxylation is 3. The molecule has 2 aromatic heterocycles. The lowest BCUT2D eigenvalue weighted by Gasteiger charge is -2.13. The van der Waals surface area contributed by atoms with Crippen LogP contribution in [0, 0.1) is 13.8 Å². The number of rotatable bonds is 4.